The quantitative estimate of drug-likeness (QED) is 0.625. The molecule has 4 nitrogen and oxygen atoms in total. The van der Waals surface area contributed by atoms with Gasteiger partial charge >= 0.3 is 0 Å². The highest BCUT2D eigenvalue weighted by molar-refractivity contribution is 6.01. The average Bonchev–Trinajstić information content (AvgIpc) is 2.78. The lowest BCUT2D eigenvalue weighted by Crippen LogP contribution is -2.12. The summed E-state index contributed by atoms with van der Waals surface area (Å²) < 4.78 is 22.1. The van der Waals surface area contributed by atoms with Crippen molar-refractivity contribution in [2.45, 2.75) is 0 Å². The summed E-state index contributed by atoms with van der Waals surface area (Å²) in [6.45, 7) is 0.480. The lowest BCUT2D eigenvalue weighted by molar-refractivity contribution is 0.358. The SMILES string of the molecule is COc1ccc(C2=C(c3ccc(OC)cc3)c3ccc(OC)cc3OC2)cc1. The van der Waals surface area contributed by atoms with Crippen LogP contribution in [0.15, 0.2) is 66.7 Å². The van der Waals surface area contributed by atoms with Gasteiger partial charge < -0.3 is 18.9 Å². The Morgan fingerprint density at radius 1 is 0.643 bits per heavy atom. The molecule has 0 fully saturated rings. The average molecular weight is 374 g/mol. The van der Waals surface area contributed by atoms with Gasteiger partial charge in [-0.2, -0.15) is 0 Å². The second kappa shape index (κ2) is 7.69. The first-order chi connectivity index (χ1) is 13.7. The number of ether oxygens (including phenoxy) is 4. The smallest absolute Gasteiger partial charge is 0.131 e. The van der Waals surface area contributed by atoms with Crippen molar-refractivity contribution in [2.24, 2.45) is 0 Å². The Morgan fingerprint density at radius 3 is 1.75 bits per heavy atom. The molecule has 4 heteroatoms. The molecule has 0 spiro atoms. The summed E-state index contributed by atoms with van der Waals surface area (Å²) in [4.78, 5) is 0. The van der Waals surface area contributed by atoms with Crippen LogP contribution in [0, 0.1) is 0 Å². The van der Waals surface area contributed by atoms with Crippen LogP contribution in [0.5, 0.6) is 23.0 Å². The summed E-state index contributed by atoms with van der Waals surface area (Å²) in [5.74, 6) is 3.26. The molecule has 0 saturated heterocycles. The van der Waals surface area contributed by atoms with Crippen LogP contribution < -0.4 is 18.9 Å². The van der Waals surface area contributed by atoms with Gasteiger partial charge in [0.15, 0.2) is 0 Å². The molecule has 28 heavy (non-hydrogen) atoms. The molecule has 3 aromatic carbocycles. The molecule has 4 rings (SSSR count). The normalized spacial score (nSPS) is 12.8. The monoisotopic (exact) mass is 374 g/mol. The summed E-state index contributed by atoms with van der Waals surface area (Å²) in [5.41, 5.74) is 5.54. The van der Waals surface area contributed by atoms with E-state index in [9.17, 15) is 0 Å². The maximum absolute atomic E-state index is 6.09. The van der Waals surface area contributed by atoms with Gasteiger partial charge in [0.2, 0.25) is 0 Å². The Kier molecular flexibility index (Phi) is 4.94. The zero-order chi connectivity index (χ0) is 19.5. The summed E-state index contributed by atoms with van der Waals surface area (Å²) in [6.07, 6.45) is 0. The third-order valence-electron chi connectivity index (χ3n) is 4.95. The Labute approximate surface area is 164 Å². The Balaban J connectivity index is 1.90. The summed E-state index contributed by atoms with van der Waals surface area (Å²) >= 11 is 0. The molecule has 0 N–H and O–H groups in total. The van der Waals surface area contributed by atoms with E-state index in [0.717, 1.165) is 50.8 Å². The van der Waals surface area contributed by atoms with Gasteiger partial charge in [0.25, 0.3) is 0 Å². The minimum absolute atomic E-state index is 0.480. The lowest BCUT2D eigenvalue weighted by Gasteiger charge is -2.25. The second-order valence-electron chi connectivity index (χ2n) is 6.46. The molecule has 3 aromatic rings. The fourth-order valence-electron chi connectivity index (χ4n) is 3.45. The molecule has 0 saturated carbocycles. The fourth-order valence-corrected chi connectivity index (χ4v) is 3.45. The maximum Gasteiger partial charge on any atom is 0.131 e. The van der Waals surface area contributed by atoms with Crippen LogP contribution in [0.1, 0.15) is 16.7 Å². The molecule has 0 amide bonds. The van der Waals surface area contributed by atoms with E-state index in [1.165, 1.54) is 0 Å². The number of hydrogen-bond donors (Lipinski definition) is 0. The first-order valence-electron chi connectivity index (χ1n) is 9.06. The third kappa shape index (κ3) is 3.29. The van der Waals surface area contributed by atoms with Gasteiger partial charge in [-0.3, -0.25) is 0 Å². The van der Waals surface area contributed by atoms with Crippen molar-refractivity contribution >= 4 is 11.1 Å². The van der Waals surface area contributed by atoms with Gasteiger partial charge in [0, 0.05) is 17.2 Å². The molecular weight excluding hydrogens is 352 g/mol. The van der Waals surface area contributed by atoms with Crippen molar-refractivity contribution in [3.8, 4) is 23.0 Å². The summed E-state index contributed by atoms with van der Waals surface area (Å²) in [7, 11) is 5.01. The maximum atomic E-state index is 6.09. The number of methoxy groups -OCH3 is 3. The standard InChI is InChI=1S/C24H22O4/c1-25-18-8-4-16(5-9-18)22-15-28-23-14-20(27-3)12-13-21(23)24(22)17-6-10-19(26-2)11-7-17/h4-14H,15H2,1-3H3. The molecular formula is C24H22O4. The van der Waals surface area contributed by atoms with Gasteiger partial charge in [-0.25, -0.2) is 0 Å². The number of rotatable bonds is 5. The number of benzene rings is 3. The van der Waals surface area contributed by atoms with E-state index >= 15 is 0 Å². The molecule has 1 aliphatic heterocycles. The largest absolute Gasteiger partial charge is 0.497 e. The number of hydrogen-bond acceptors (Lipinski definition) is 4. The van der Waals surface area contributed by atoms with E-state index in [4.69, 9.17) is 18.9 Å². The van der Waals surface area contributed by atoms with Gasteiger partial charge in [0.1, 0.15) is 29.6 Å². The van der Waals surface area contributed by atoms with Crippen molar-refractivity contribution in [2.75, 3.05) is 27.9 Å². The zero-order valence-corrected chi connectivity index (χ0v) is 16.2. The minimum atomic E-state index is 0.480. The van der Waals surface area contributed by atoms with Gasteiger partial charge in [-0.15, -0.1) is 0 Å². The lowest BCUT2D eigenvalue weighted by atomic mass is 9.87. The van der Waals surface area contributed by atoms with Gasteiger partial charge in [-0.05, 0) is 53.1 Å². The van der Waals surface area contributed by atoms with Crippen LogP contribution in [-0.4, -0.2) is 27.9 Å². The van der Waals surface area contributed by atoms with Crippen molar-refractivity contribution in [1.29, 1.82) is 0 Å². The number of fused-ring (bicyclic) bond motifs is 1. The highest BCUT2D eigenvalue weighted by atomic mass is 16.5. The first-order valence-corrected chi connectivity index (χ1v) is 9.06. The van der Waals surface area contributed by atoms with E-state index in [-0.39, 0.29) is 0 Å². The van der Waals surface area contributed by atoms with Crippen LogP contribution in [0.3, 0.4) is 0 Å². The predicted molar refractivity (Wildman–Crippen MR) is 110 cm³/mol. The molecule has 0 aromatic heterocycles. The van der Waals surface area contributed by atoms with Crippen LogP contribution in [0.4, 0.5) is 0 Å². The molecule has 0 radical (unpaired) electrons. The summed E-state index contributed by atoms with van der Waals surface area (Å²) in [6, 6.07) is 22.1. The topological polar surface area (TPSA) is 36.9 Å². The Bertz CT molecular complexity index is 1000. The molecule has 0 unspecified atom stereocenters. The van der Waals surface area contributed by atoms with Gasteiger partial charge in [-0.1, -0.05) is 24.3 Å². The van der Waals surface area contributed by atoms with Crippen LogP contribution in [-0.2, 0) is 0 Å². The van der Waals surface area contributed by atoms with Crippen molar-refractivity contribution in [1.82, 2.24) is 0 Å². The van der Waals surface area contributed by atoms with Crippen molar-refractivity contribution in [3.63, 3.8) is 0 Å². The molecule has 0 atom stereocenters. The van der Waals surface area contributed by atoms with E-state index in [1.54, 1.807) is 21.3 Å². The summed E-state index contributed by atoms with van der Waals surface area (Å²) in [5, 5.41) is 0. The minimum Gasteiger partial charge on any atom is -0.497 e. The van der Waals surface area contributed by atoms with Crippen molar-refractivity contribution in [3.05, 3.63) is 83.4 Å². The fraction of sp³-hybridized carbons (Fsp3) is 0.167. The van der Waals surface area contributed by atoms with Crippen molar-refractivity contribution < 1.29 is 18.9 Å². The third-order valence-corrected chi connectivity index (χ3v) is 4.95. The molecule has 1 heterocycles. The van der Waals surface area contributed by atoms with E-state index in [2.05, 4.69) is 30.3 Å². The van der Waals surface area contributed by atoms with Crippen LogP contribution >= 0.6 is 0 Å². The second-order valence-corrected chi connectivity index (χ2v) is 6.46. The molecule has 1 aliphatic rings. The zero-order valence-electron chi connectivity index (χ0n) is 16.2. The Hall–Kier alpha value is -3.40. The van der Waals surface area contributed by atoms with E-state index < -0.39 is 0 Å². The molecule has 142 valence electrons. The van der Waals surface area contributed by atoms with Crippen LogP contribution in [0.25, 0.3) is 11.1 Å². The van der Waals surface area contributed by atoms with E-state index in [1.807, 2.05) is 36.4 Å². The molecule has 0 bridgehead atoms. The van der Waals surface area contributed by atoms with Gasteiger partial charge in [0.05, 0.1) is 21.3 Å². The van der Waals surface area contributed by atoms with E-state index in [0.29, 0.717) is 6.61 Å². The highest BCUT2D eigenvalue weighted by Gasteiger charge is 2.23. The Morgan fingerprint density at radius 2 is 1.18 bits per heavy atom. The predicted octanol–water partition coefficient (Wildman–Crippen LogP) is 5.06. The molecule has 0 aliphatic carbocycles. The highest BCUT2D eigenvalue weighted by Crippen LogP contribution is 2.42. The van der Waals surface area contributed by atoms with Crippen LogP contribution in [0.2, 0.25) is 0 Å². The first kappa shape index (κ1) is 18.0.